The molecule has 2 aromatic carbocycles. The normalized spacial score (nSPS) is 11.6. The van der Waals surface area contributed by atoms with Crippen molar-refractivity contribution in [3.05, 3.63) is 78.0 Å². The summed E-state index contributed by atoms with van der Waals surface area (Å²) in [5, 5.41) is -0.334. The van der Waals surface area contributed by atoms with Crippen LogP contribution in [0.5, 0.6) is 0 Å². The van der Waals surface area contributed by atoms with Crippen molar-refractivity contribution in [3.8, 4) is 16.9 Å². The summed E-state index contributed by atoms with van der Waals surface area (Å²) in [6.07, 6.45) is -4.71. The molecule has 158 valence electrons. The van der Waals surface area contributed by atoms with Gasteiger partial charge < -0.3 is 10.5 Å². The molecule has 0 aliphatic carbocycles. The number of nitrogens with zero attached hydrogens (tertiary/aromatic N) is 2. The number of fused-ring (bicyclic) bond motifs is 1. The van der Waals surface area contributed by atoms with Crippen molar-refractivity contribution in [2.75, 3.05) is 12.3 Å². The third-order valence-corrected chi connectivity index (χ3v) is 4.82. The molecular weight excluding hydrogens is 407 g/mol. The number of nitrogen functional groups attached to an aromatic ring is 1. The van der Waals surface area contributed by atoms with E-state index in [1.165, 1.54) is 4.57 Å². The molecule has 2 N–H and O–H groups in total. The second-order valence-corrected chi connectivity index (χ2v) is 6.77. The summed E-state index contributed by atoms with van der Waals surface area (Å²) in [4.78, 5) is 17.2. The van der Waals surface area contributed by atoms with Gasteiger partial charge in [0, 0.05) is 11.3 Å². The maximum atomic E-state index is 14.1. The van der Waals surface area contributed by atoms with Crippen LogP contribution >= 0.6 is 0 Å². The Labute approximate surface area is 175 Å². The van der Waals surface area contributed by atoms with Crippen LogP contribution in [0.1, 0.15) is 23.0 Å². The number of aromatic nitrogens is 2. The molecule has 2 aromatic heterocycles. The quantitative estimate of drug-likeness (QED) is 0.440. The first kappa shape index (κ1) is 20.5. The van der Waals surface area contributed by atoms with Crippen molar-refractivity contribution in [3.63, 3.8) is 0 Å². The minimum absolute atomic E-state index is 0.0450. The first-order chi connectivity index (χ1) is 14.8. The highest BCUT2D eigenvalue weighted by Crippen LogP contribution is 2.42. The summed E-state index contributed by atoms with van der Waals surface area (Å²) >= 11 is 0. The smallest absolute Gasteiger partial charge is 0.417 e. The van der Waals surface area contributed by atoms with E-state index < -0.39 is 17.7 Å². The van der Waals surface area contributed by atoms with Gasteiger partial charge in [-0.15, -0.1) is 0 Å². The average molecular weight is 425 g/mol. The van der Waals surface area contributed by atoms with Crippen LogP contribution < -0.4 is 5.73 Å². The second-order valence-electron chi connectivity index (χ2n) is 6.77. The van der Waals surface area contributed by atoms with Crippen LogP contribution in [0.4, 0.5) is 18.9 Å². The van der Waals surface area contributed by atoms with E-state index in [2.05, 4.69) is 4.98 Å². The van der Waals surface area contributed by atoms with Crippen LogP contribution in [0.2, 0.25) is 0 Å². The second kappa shape index (κ2) is 7.79. The topological polar surface area (TPSA) is 70.1 Å². The number of pyridine rings is 1. The molecule has 4 rings (SSSR count). The summed E-state index contributed by atoms with van der Waals surface area (Å²) in [7, 11) is 0. The zero-order valence-corrected chi connectivity index (χ0v) is 16.5. The number of hydrogen-bond donors (Lipinski definition) is 1. The summed E-state index contributed by atoms with van der Waals surface area (Å²) in [6, 6.07) is 18.0. The third-order valence-electron chi connectivity index (χ3n) is 4.82. The van der Waals surface area contributed by atoms with E-state index in [0.717, 1.165) is 6.07 Å². The van der Waals surface area contributed by atoms with Gasteiger partial charge in [0.1, 0.15) is 5.65 Å². The highest BCUT2D eigenvalue weighted by molar-refractivity contribution is 6.08. The van der Waals surface area contributed by atoms with E-state index in [4.69, 9.17) is 10.5 Å². The molecular formula is C23H18F3N3O2. The van der Waals surface area contributed by atoms with Gasteiger partial charge >= 0.3 is 12.1 Å². The number of rotatable bonds is 4. The minimum Gasteiger partial charge on any atom is -0.461 e. The Bertz CT molecular complexity index is 1250. The molecule has 0 unspecified atom stereocenters. The fraction of sp³-hybridized carbons (Fsp3) is 0.130. The lowest BCUT2D eigenvalue weighted by Gasteiger charge is -2.13. The number of hydrogen-bond acceptors (Lipinski definition) is 4. The lowest BCUT2D eigenvalue weighted by atomic mass is 10.1. The van der Waals surface area contributed by atoms with Gasteiger partial charge in [-0.25, -0.2) is 9.78 Å². The van der Waals surface area contributed by atoms with Crippen LogP contribution in [0.25, 0.3) is 28.0 Å². The van der Waals surface area contributed by atoms with E-state index in [1.54, 1.807) is 67.6 Å². The standard InChI is InChI=1S/C23H18F3N3O2/c1-2-31-22(30)20-19(27)18-16(23(24,25)26)13-17(14-9-5-3-6-10-14)28-21(18)29(20)15-11-7-4-8-12-15/h3-13H,2,27H2,1H3. The number of nitrogens with two attached hydrogens (primary N) is 1. The van der Waals surface area contributed by atoms with Crippen LogP contribution in [-0.2, 0) is 10.9 Å². The molecule has 0 fully saturated rings. The molecule has 4 aromatic rings. The number of benzene rings is 2. The predicted molar refractivity (Wildman–Crippen MR) is 112 cm³/mol. The molecule has 0 aliphatic heterocycles. The number of esters is 1. The fourth-order valence-corrected chi connectivity index (χ4v) is 3.51. The Balaban J connectivity index is 2.16. The Morgan fingerprint density at radius 2 is 1.68 bits per heavy atom. The Hall–Kier alpha value is -3.81. The molecule has 31 heavy (non-hydrogen) atoms. The van der Waals surface area contributed by atoms with Crippen LogP contribution in [0.15, 0.2) is 66.7 Å². The molecule has 0 atom stereocenters. The van der Waals surface area contributed by atoms with Gasteiger partial charge in [0.2, 0.25) is 0 Å². The number of para-hydroxylation sites is 1. The van der Waals surface area contributed by atoms with Gasteiger partial charge in [-0.2, -0.15) is 13.2 Å². The van der Waals surface area contributed by atoms with Crippen molar-refractivity contribution in [2.24, 2.45) is 0 Å². The molecule has 5 nitrogen and oxygen atoms in total. The van der Waals surface area contributed by atoms with Crippen molar-refractivity contribution < 1.29 is 22.7 Å². The zero-order valence-electron chi connectivity index (χ0n) is 16.5. The van der Waals surface area contributed by atoms with Crippen LogP contribution in [-0.4, -0.2) is 22.1 Å². The first-order valence-corrected chi connectivity index (χ1v) is 9.53. The molecule has 0 aliphatic rings. The van der Waals surface area contributed by atoms with Crippen molar-refractivity contribution in [1.82, 2.24) is 9.55 Å². The first-order valence-electron chi connectivity index (χ1n) is 9.53. The Kier molecular flexibility index (Phi) is 5.14. The zero-order chi connectivity index (χ0) is 22.2. The predicted octanol–water partition coefficient (Wildman–Crippen LogP) is 5.47. The number of carbonyl (C=O) groups is 1. The molecule has 0 radical (unpaired) electrons. The summed E-state index contributed by atoms with van der Waals surface area (Å²) in [5.41, 5.74) is 5.65. The lowest BCUT2D eigenvalue weighted by Crippen LogP contribution is -2.13. The fourth-order valence-electron chi connectivity index (χ4n) is 3.51. The Morgan fingerprint density at radius 1 is 1.06 bits per heavy atom. The number of alkyl halides is 3. The number of carbonyl (C=O) groups excluding carboxylic acids is 1. The van der Waals surface area contributed by atoms with Crippen molar-refractivity contribution >= 4 is 22.7 Å². The molecule has 0 saturated heterocycles. The van der Waals surface area contributed by atoms with Crippen LogP contribution in [0.3, 0.4) is 0 Å². The van der Waals surface area contributed by atoms with Gasteiger partial charge in [-0.05, 0) is 25.1 Å². The van der Waals surface area contributed by atoms with Gasteiger partial charge in [0.25, 0.3) is 0 Å². The van der Waals surface area contributed by atoms with Crippen molar-refractivity contribution in [1.29, 1.82) is 0 Å². The van der Waals surface area contributed by atoms with E-state index in [0.29, 0.717) is 11.3 Å². The van der Waals surface area contributed by atoms with E-state index in [-0.39, 0.29) is 34.7 Å². The highest BCUT2D eigenvalue weighted by Gasteiger charge is 2.38. The summed E-state index contributed by atoms with van der Waals surface area (Å²) in [5.74, 6) is -0.823. The maximum Gasteiger partial charge on any atom is 0.417 e. The number of anilines is 1. The molecule has 8 heteroatoms. The molecule has 2 heterocycles. The van der Waals surface area contributed by atoms with Gasteiger partial charge in [0.15, 0.2) is 5.69 Å². The molecule has 0 amide bonds. The molecule has 0 bridgehead atoms. The van der Waals surface area contributed by atoms with E-state index in [9.17, 15) is 18.0 Å². The van der Waals surface area contributed by atoms with Crippen molar-refractivity contribution in [2.45, 2.75) is 13.1 Å². The minimum atomic E-state index is -4.71. The van der Waals surface area contributed by atoms with E-state index in [1.807, 2.05) is 0 Å². The van der Waals surface area contributed by atoms with Gasteiger partial charge in [0.05, 0.1) is 28.9 Å². The summed E-state index contributed by atoms with van der Waals surface area (Å²) in [6.45, 7) is 1.65. The number of halogens is 3. The maximum absolute atomic E-state index is 14.1. The SMILES string of the molecule is CCOC(=O)c1c(N)c2c(C(F)(F)F)cc(-c3ccccc3)nc2n1-c1ccccc1. The summed E-state index contributed by atoms with van der Waals surface area (Å²) < 4.78 is 48.6. The largest absolute Gasteiger partial charge is 0.461 e. The molecule has 0 saturated carbocycles. The highest BCUT2D eigenvalue weighted by atomic mass is 19.4. The van der Waals surface area contributed by atoms with Gasteiger partial charge in [-0.1, -0.05) is 48.5 Å². The van der Waals surface area contributed by atoms with E-state index >= 15 is 0 Å². The third kappa shape index (κ3) is 3.61. The van der Waals surface area contributed by atoms with Crippen LogP contribution in [0, 0.1) is 0 Å². The average Bonchev–Trinajstić information content (AvgIpc) is 3.06. The lowest BCUT2D eigenvalue weighted by molar-refractivity contribution is -0.136. The molecule has 0 spiro atoms. The Morgan fingerprint density at radius 3 is 2.26 bits per heavy atom. The van der Waals surface area contributed by atoms with Gasteiger partial charge in [-0.3, -0.25) is 4.57 Å². The monoisotopic (exact) mass is 425 g/mol. The number of ether oxygens (including phenoxy) is 1.